The van der Waals surface area contributed by atoms with Gasteiger partial charge in [-0.3, -0.25) is 9.52 Å². The van der Waals surface area contributed by atoms with Gasteiger partial charge in [-0.1, -0.05) is 29.5 Å². The van der Waals surface area contributed by atoms with Gasteiger partial charge < -0.3 is 9.80 Å². The normalized spacial score (nSPS) is 14.9. The third-order valence-electron chi connectivity index (χ3n) is 4.87. The van der Waals surface area contributed by atoms with Crippen LogP contribution in [0, 0.1) is 5.82 Å². The van der Waals surface area contributed by atoms with Gasteiger partial charge in [0.2, 0.25) is 15.9 Å². The molecule has 0 unspecified atom stereocenters. The highest BCUT2D eigenvalue weighted by atomic mass is 32.2. The van der Waals surface area contributed by atoms with Crippen LogP contribution < -0.4 is 9.62 Å². The number of fused-ring (bicyclic) bond motifs is 1. The number of piperazine rings is 1. The highest BCUT2D eigenvalue weighted by Gasteiger charge is 2.23. The van der Waals surface area contributed by atoms with E-state index in [0.717, 1.165) is 21.7 Å². The first-order valence-corrected chi connectivity index (χ1v) is 12.1. The van der Waals surface area contributed by atoms with Gasteiger partial charge in [-0.2, -0.15) is 0 Å². The standard InChI is InChI=1S/C20H21FN4O3S2/c1-30(27,28)23-15-7-5-14(6-8-15)13-18(26)24-9-11-25(12-10-24)20-22-19-16(21)3-2-4-17(19)29-20/h2-8,23H,9-13H2,1H3. The second kappa shape index (κ2) is 8.19. The number of amides is 1. The molecule has 0 bridgehead atoms. The van der Waals surface area contributed by atoms with E-state index in [0.29, 0.717) is 37.4 Å². The van der Waals surface area contributed by atoms with Crippen molar-refractivity contribution in [3.05, 3.63) is 53.8 Å². The van der Waals surface area contributed by atoms with Gasteiger partial charge in [0.1, 0.15) is 11.3 Å². The van der Waals surface area contributed by atoms with E-state index < -0.39 is 10.0 Å². The van der Waals surface area contributed by atoms with Crippen LogP contribution in [-0.2, 0) is 21.2 Å². The molecule has 3 aromatic rings. The average Bonchev–Trinajstić information content (AvgIpc) is 3.14. The first-order chi connectivity index (χ1) is 14.3. The fourth-order valence-electron chi connectivity index (χ4n) is 3.38. The maximum Gasteiger partial charge on any atom is 0.229 e. The number of carbonyl (C=O) groups excluding carboxylic acids is 1. The van der Waals surface area contributed by atoms with Crippen LogP contribution in [0.25, 0.3) is 10.2 Å². The molecule has 2 heterocycles. The Morgan fingerprint density at radius 2 is 1.83 bits per heavy atom. The number of halogens is 1. The van der Waals surface area contributed by atoms with Crippen molar-refractivity contribution in [1.29, 1.82) is 0 Å². The molecule has 0 atom stereocenters. The van der Waals surface area contributed by atoms with Crippen molar-refractivity contribution >= 4 is 48.3 Å². The van der Waals surface area contributed by atoms with Crippen LogP contribution in [0.5, 0.6) is 0 Å². The minimum absolute atomic E-state index is 0.0221. The van der Waals surface area contributed by atoms with E-state index in [1.807, 2.05) is 11.0 Å². The summed E-state index contributed by atoms with van der Waals surface area (Å²) in [5.74, 6) is -0.296. The van der Waals surface area contributed by atoms with Crippen molar-refractivity contribution in [3.63, 3.8) is 0 Å². The molecular formula is C20H21FN4O3S2. The molecule has 1 aliphatic rings. The second-order valence-electron chi connectivity index (χ2n) is 7.20. The summed E-state index contributed by atoms with van der Waals surface area (Å²) in [4.78, 5) is 21.0. The molecule has 1 N–H and O–H groups in total. The molecule has 1 aliphatic heterocycles. The zero-order valence-corrected chi connectivity index (χ0v) is 18.0. The lowest BCUT2D eigenvalue weighted by Crippen LogP contribution is -2.49. The molecule has 1 aromatic heterocycles. The Balaban J connectivity index is 1.34. The number of thiazole rings is 1. The molecule has 0 saturated carbocycles. The van der Waals surface area contributed by atoms with Gasteiger partial charge in [0.25, 0.3) is 0 Å². The molecule has 158 valence electrons. The van der Waals surface area contributed by atoms with Gasteiger partial charge in [-0.05, 0) is 29.8 Å². The van der Waals surface area contributed by atoms with Crippen LogP contribution in [0.4, 0.5) is 15.2 Å². The van der Waals surface area contributed by atoms with Crippen LogP contribution in [0.1, 0.15) is 5.56 Å². The number of nitrogens with one attached hydrogen (secondary N) is 1. The van der Waals surface area contributed by atoms with Crippen LogP contribution in [0.3, 0.4) is 0 Å². The Bertz CT molecular complexity index is 1170. The van der Waals surface area contributed by atoms with E-state index >= 15 is 0 Å². The predicted molar refractivity (Wildman–Crippen MR) is 117 cm³/mol. The molecule has 1 saturated heterocycles. The summed E-state index contributed by atoms with van der Waals surface area (Å²) in [6, 6.07) is 11.7. The van der Waals surface area contributed by atoms with Crippen LogP contribution >= 0.6 is 11.3 Å². The molecule has 7 nitrogen and oxygen atoms in total. The highest BCUT2D eigenvalue weighted by molar-refractivity contribution is 7.92. The van der Waals surface area contributed by atoms with Crippen LogP contribution in [0.2, 0.25) is 0 Å². The zero-order chi connectivity index (χ0) is 21.3. The Morgan fingerprint density at radius 1 is 1.13 bits per heavy atom. The molecule has 1 amide bonds. The van der Waals surface area contributed by atoms with Gasteiger partial charge in [-0.15, -0.1) is 0 Å². The van der Waals surface area contributed by atoms with Crippen molar-refractivity contribution in [2.45, 2.75) is 6.42 Å². The van der Waals surface area contributed by atoms with Crippen molar-refractivity contribution in [1.82, 2.24) is 9.88 Å². The molecule has 1 fully saturated rings. The fourth-order valence-corrected chi connectivity index (χ4v) is 4.97. The number of benzene rings is 2. The number of aromatic nitrogens is 1. The van der Waals surface area contributed by atoms with E-state index in [1.54, 1.807) is 30.3 Å². The Morgan fingerprint density at radius 3 is 2.47 bits per heavy atom. The fraction of sp³-hybridized carbons (Fsp3) is 0.300. The summed E-state index contributed by atoms with van der Waals surface area (Å²) in [6.45, 7) is 2.44. The topological polar surface area (TPSA) is 82.6 Å². The molecule has 2 aromatic carbocycles. The maximum absolute atomic E-state index is 13.9. The van der Waals surface area contributed by atoms with Gasteiger partial charge in [0.15, 0.2) is 5.13 Å². The number of sulfonamides is 1. The largest absolute Gasteiger partial charge is 0.345 e. The van der Waals surface area contributed by atoms with E-state index in [4.69, 9.17) is 0 Å². The number of carbonyl (C=O) groups is 1. The second-order valence-corrected chi connectivity index (χ2v) is 9.96. The summed E-state index contributed by atoms with van der Waals surface area (Å²) in [6.07, 6.45) is 1.35. The van der Waals surface area contributed by atoms with Gasteiger partial charge >= 0.3 is 0 Å². The summed E-state index contributed by atoms with van der Waals surface area (Å²) in [5.41, 5.74) is 1.68. The summed E-state index contributed by atoms with van der Waals surface area (Å²) < 4.78 is 39.6. The van der Waals surface area contributed by atoms with E-state index in [2.05, 4.69) is 14.6 Å². The average molecular weight is 449 g/mol. The van der Waals surface area contributed by atoms with Gasteiger partial charge in [0, 0.05) is 31.9 Å². The number of anilines is 2. The zero-order valence-electron chi connectivity index (χ0n) is 16.3. The van der Waals surface area contributed by atoms with Crippen LogP contribution in [0.15, 0.2) is 42.5 Å². The third kappa shape index (κ3) is 4.71. The van der Waals surface area contributed by atoms with E-state index in [9.17, 15) is 17.6 Å². The van der Waals surface area contributed by atoms with Crippen molar-refractivity contribution < 1.29 is 17.6 Å². The van der Waals surface area contributed by atoms with E-state index in [1.165, 1.54) is 17.4 Å². The van der Waals surface area contributed by atoms with Crippen molar-refractivity contribution in [2.75, 3.05) is 42.1 Å². The molecule has 0 radical (unpaired) electrons. The van der Waals surface area contributed by atoms with Crippen molar-refractivity contribution in [2.24, 2.45) is 0 Å². The minimum atomic E-state index is -3.32. The Kier molecular flexibility index (Phi) is 5.61. The lowest BCUT2D eigenvalue weighted by molar-refractivity contribution is -0.130. The number of rotatable bonds is 5. The molecule has 10 heteroatoms. The minimum Gasteiger partial charge on any atom is -0.345 e. The highest BCUT2D eigenvalue weighted by Crippen LogP contribution is 2.30. The first kappa shape index (κ1) is 20.5. The van der Waals surface area contributed by atoms with Crippen molar-refractivity contribution in [3.8, 4) is 0 Å². The number of hydrogen-bond donors (Lipinski definition) is 1. The number of nitrogens with zero attached hydrogens (tertiary/aromatic N) is 3. The Labute approximate surface area is 178 Å². The molecule has 0 aliphatic carbocycles. The smallest absolute Gasteiger partial charge is 0.229 e. The third-order valence-corrected chi connectivity index (χ3v) is 6.56. The summed E-state index contributed by atoms with van der Waals surface area (Å²) in [5, 5.41) is 0.774. The number of para-hydroxylation sites is 1. The predicted octanol–water partition coefficient (Wildman–Crippen LogP) is 2.70. The SMILES string of the molecule is CS(=O)(=O)Nc1ccc(CC(=O)N2CCN(c3nc4c(F)cccc4s3)CC2)cc1. The number of hydrogen-bond acceptors (Lipinski definition) is 6. The lowest BCUT2D eigenvalue weighted by Gasteiger charge is -2.34. The van der Waals surface area contributed by atoms with Crippen LogP contribution in [-0.4, -0.2) is 56.6 Å². The first-order valence-electron chi connectivity index (χ1n) is 9.43. The summed E-state index contributed by atoms with van der Waals surface area (Å²) in [7, 11) is -3.32. The van der Waals surface area contributed by atoms with E-state index in [-0.39, 0.29) is 18.1 Å². The van der Waals surface area contributed by atoms with Gasteiger partial charge in [0.05, 0.1) is 17.4 Å². The quantitative estimate of drug-likeness (QED) is 0.649. The molecule has 30 heavy (non-hydrogen) atoms. The molecule has 4 rings (SSSR count). The monoisotopic (exact) mass is 448 g/mol. The Hall–Kier alpha value is -2.72. The summed E-state index contributed by atoms with van der Waals surface area (Å²) >= 11 is 1.46. The molecular weight excluding hydrogens is 427 g/mol. The van der Waals surface area contributed by atoms with Gasteiger partial charge in [-0.25, -0.2) is 17.8 Å². The maximum atomic E-state index is 13.9. The molecule has 0 spiro atoms. The lowest BCUT2D eigenvalue weighted by atomic mass is 10.1.